The van der Waals surface area contributed by atoms with Gasteiger partial charge in [-0.15, -0.1) is 0 Å². The van der Waals surface area contributed by atoms with Crippen molar-refractivity contribution in [3.63, 3.8) is 0 Å². The van der Waals surface area contributed by atoms with Crippen molar-refractivity contribution in [1.82, 2.24) is 0 Å². The average Bonchev–Trinajstić information content (AvgIpc) is 3.01. The van der Waals surface area contributed by atoms with Gasteiger partial charge in [0, 0.05) is 0 Å². The molecule has 0 aliphatic heterocycles. The van der Waals surface area contributed by atoms with Crippen molar-refractivity contribution in [3.05, 3.63) is 24.3 Å². The Morgan fingerprint density at radius 2 is 1.95 bits per heavy atom. The van der Waals surface area contributed by atoms with Crippen LogP contribution in [0.1, 0.15) is 27.2 Å². The summed E-state index contributed by atoms with van der Waals surface area (Å²) < 4.78 is 5.58. The van der Waals surface area contributed by atoms with Crippen LogP contribution in [0.25, 0.3) is 0 Å². The van der Waals surface area contributed by atoms with Gasteiger partial charge >= 0.3 is 5.97 Å². The largest absolute Gasteiger partial charge is 0.491 e. The topological polar surface area (TPSA) is 75.6 Å². The van der Waals surface area contributed by atoms with Crippen LogP contribution in [-0.4, -0.2) is 23.6 Å². The molecule has 0 aromatic heterocycles. The van der Waals surface area contributed by atoms with Crippen LogP contribution in [0.4, 0.5) is 5.69 Å². The number of amides is 1. The van der Waals surface area contributed by atoms with Crippen LogP contribution in [0.5, 0.6) is 5.75 Å². The molecule has 0 spiro atoms. The number of anilines is 1. The van der Waals surface area contributed by atoms with E-state index < -0.39 is 23.2 Å². The molecular weight excluding hydrogens is 270 g/mol. The van der Waals surface area contributed by atoms with Crippen molar-refractivity contribution in [3.8, 4) is 5.75 Å². The first-order valence-electron chi connectivity index (χ1n) is 7.15. The molecule has 1 aromatic rings. The number of carbonyl (C=O) groups excluding carboxylic acids is 1. The fourth-order valence-electron chi connectivity index (χ4n) is 2.71. The number of benzene rings is 1. The second kappa shape index (κ2) is 5.76. The molecule has 2 N–H and O–H groups in total. The monoisotopic (exact) mass is 291 g/mol. The summed E-state index contributed by atoms with van der Waals surface area (Å²) in [6.07, 6.45) is 0.874. The third-order valence-corrected chi connectivity index (χ3v) is 3.98. The van der Waals surface area contributed by atoms with E-state index in [4.69, 9.17) is 9.84 Å². The van der Waals surface area contributed by atoms with Gasteiger partial charge in [-0.05, 0) is 24.0 Å². The van der Waals surface area contributed by atoms with Crippen molar-refractivity contribution < 1.29 is 19.4 Å². The lowest BCUT2D eigenvalue weighted by Gasteiger charge is -2.12. The van der Waals surface area contributed by atoms with Crippen LogP contribution in [-0.2, 0) is 9.59 Å². The van der Waals surface area contributed by atoms with E-state index >= 15 is 0 Å². The number of hydrogen-bond donors (Lipinski definition) is 2. The molecule has 5 nitrogen and oxygen atoms in total. The summed E-state index contributed by atoms with van der Waals surface area (Å²) in [6, 6.07) is 7.19. The molecule has 1 saturated carbocycles. The number of nitrogens with one attached hydrogen (secondary N) is 1. The van der Waals surface area contributed by atoms with Gasteiger partial charge < -0.3 is 15.2 Å². The average molecular weight is 291 g/mol. The number of carboxylic acid groups (broad SMARTS) is 1. The standard InChI is InChI=1S/C16H21NO4/c1-4-9-21-11-8-6-5-7-10(11)17-14(18)12-13(15(19)20)16(12,2)3/h5-8,12-13H,4,9H2,1-3H3,(H,17,18)(H,19,20). The Morgan fingerprint density at radius 1 is 1.29 bits per heavy atom. The first-order valence-corrected chi connectivity index (χ1v) is 7.15. The van der Waals surface area contributed by atoms with Crippen LogP contribution < -0.4 is 10.1 Å². The summed E-state index contributed by atoms with van der Waals surface area (Å²) >= 11 is 0. The van der Waals surface area contributed by atoms with Crippen molar-refractivity contribution in [1.29, 1.82) is 0 Å². The van der Waals surface area contributed by atoms with Gasteiger partial charge in [0.1, 0.15) is 5.75 Å². The highest BCUT2D eigenvalue weighted by Gasteiger charge is 2.65. The van der Waals surface area contributed by atoms with Gasteiger partial charge in [0.25, 0.3) is 0 Å². The summed E-state index contributed by atoms with van der Waals surface area (Å²) in [5.74, 6) is -1.70. The zero-order valence-corrected chi connectivity index (χ0v) is 12.6. The third kappa shape index (κ3) is 3.01. The maximum atomic E-state index is 12.3. The van der Waals surface area contributed by atoms with E-state index in [9.17, 15) is 9.59 Å². The normalized spacial score (nSPS) is 22.4. The Morgan fingerprint density at radius 3 is 2.52 bits per heavy atom. The molecule has 114 valence electrons. The van der Waals surface area contributed by atoms with E-state index in [2.05, 4.69) is 5.32 Å². The number of para-hydroxylation sites is 2. The van der Waals surface area contributed by atoms with Gasteiger partial charge in [-0.1, -0.05) is 32.9 Å². The second-order valence-electron chi connectivity index (χ2n) is 5.95. The molecule has 1 aliphatic rings. The van der Waals surface area contributed by atoms with E-state index in [1.165, 1.54) is 0 Å². The number of ether oxygens (including phenoxy) is 1. The summed E-state index contributed by atoms with van der Waals surface area (Å²) in [4.78, 5) is 23.4. The molecule has 1 aliphatic carbocycles. The smallest absolute Gasteiger partial charge is 0.307 e. The minimum Gasteiger partial charge on any atom is -0.491 e. The Hall–Kier alpha value is -2.04. The van der Waals surface area contributed by atoms with Crippen molar-refractivity contribution in [2.75, 3.05) is 11.9 Å². The van der Waals surface area contributed by atoms with Gasteiger partial charge in [0.15, 0.2) is 0 Å². The zero-order valence-electron chi connectivity index (χ0n) is 12.6. The fourth-order valence-corrected chi connectivity index (χ4v) is 2.71. The van der Waals surface area contributed by atoms with Crippen molar-refractivity contribution in [2.24, 2.45) is 17.3 Å². The highest BCUT2D eigenvalue weighted by atomic mass is 16.5. The lowest BCUT2D eigenvalue weighted by Crippen LogP contribution is -2.18. The summed E-state index contributed by atoms with van der Waals surface area (Å²) in [5.41, 5.74) is 0.0811. The van der Waals surface area contributed by atoms with Gasteiger partial charge in [0.2, 0.25) is 5.91 Å². The number of rotatable bonds is 6. The van der Waals surface area contributed by atoms with E-state index in [-0.39, 0.29) is 5.91 Å². The lowest BCUT2D eigenvalue weighted by atomic mass is 10.1. The summed E-state index contributed by atoms with van der Waals surface area (Å²) in [6.45, 7) is 6.18. The maximum Gasteiger partial charge on any atom is 0.307 e. The van der Waals surface area contributed by atoms with Crippen molar-refractivity contribution >= 4 is 17.6 Å². The van der Waals surface area contributed by atoms with Gasteiger partial charge in [-0.3, -0.25) is 9.59 Å². The molecule has 0 heterocycles. The molecule has 2 atom stereocenters. The molecular formula is C16H21NO4. The Balaban J connectivity index is 2.09. The van der Waals surface area contributed by atoms with Crippen LogP contribution in [0.3, 0.4) is 0 Å². The molecule has 2 unspecified atom stereocenters. The molecule has 0 radical (unpaired) electrons. The third-order valence-electron chi connectivity index (χ3n) is 3.98. The highest BCUT2D eigenvalue weighted by Crippen LogP contribution is 2.58. The van der Waals surface area contributed by atoms with Gasteiger partial charge in [-0.25, -0.2) is 0 Å². The second-order valence-corrected chi connectivity index (χ2v) is 5.95. The first-order chi connectivity index (χ1) is 9.89. The molecule has 21 heavy (non-hydrogen) atoms. The van der Waals surface area contributed by atoms with E-state index in [1.807, 2.05) is 13.0 Å². The minimum atomic E-state index is -0.921. The fraction of sp³-hybridized carbons (Fsp3) is 0.500. The van der Waals surface area contributed by atoms with Crippen molar-refractivity contribution in [2.45, 2.75) is 27.2 Å². The zero-order chi connectivity index (χ0) is 15.6. The quantitative estimate of drug-likeness (QED) is 0.845. The van der Waals surface area contributed by atoms with Gasteiger partial charge in [-0.2, -0.15) is 0 Å². The summed E-state index contributed by atoms with van der Waals surface area (Å²) in [5, 5.41) is 11.9. The van der Waals surface area contributed by atoms with Gasteiger partial charge in [0.05, 0.1) is 24.1 Å². The SMILES string of the molecule is CCCOc1ccccc1NC(=O)C1C(C(=O)O)C1(C)C. The molecule has 1 fully saturated rings. The number of hydrogen-bond acceptors (Lipinski definition) is 3. The number of carbonyl (C=O) groups is 2. The van der Waals surface area contributed by atoms with E-state index in [1.54, 1.807) is 32.0 Å². The van der Waals surface area contributed by atoms with E-state index in [0.717, 1.165) is 6.42 Å². The predicted octanol–water partition coefficient (Wildman–Crippen LogP) is 2.77. The molecule has 2 rings (SSSR count). The van der Waals surface area contributed by atoms with Crippen LogP contribution in [0.15, 0.2) is 24.3 Å². The predicted molar refractivity (Wildman–Crippen MR) is 79.3 cm³/mol. The van der Waals surface area contributed by atoms with Crippen LogP contribution >= 0.6 is 0 Å². The molecule has 1 amide bonds. The van der Waals surface area contributed by atoms with E-state index in [0.29, 0.717) is 18.0 Å². The highest BCUT2D eigenvalue weighted by molar-refractivity contribution is 6.00. The first kappa shape index (κ1) is 15.4. The Labute approximate surface area is 124 Å². The van der Waals surface area contributed by atoms with Crippen LogP contribution in [0, 0.1) is 17.3 Å². The minimum absolute atomic E-state index is 0.264. The Kier molecular flexibility index (Phi) is 4.21. The molecule has 0 saturated heterocycles. The Bertz CT molecular complexity index is 553. The number of carboxylic acids is 1. The molecule has 1 aromatic carbocycles. The molecule has 0 bridgehead atoms. The molecule has 5 heteroatoms. The number of aliphatic carboxylic acids is 1. The lowest BCUT2D eigenvalue weighted by molar-refractivity contribution is -0.140. The maximum absolute atomic E-state index is 12.3. The summed E-state index contributed by atoms with van der Waals surface area (Å²) in [7, 11) is 0. The van der Waals surface area contributed by atoms with Crippen LogP contribution in [0.2, 0.25) is 0 Å².